The minimum Gasteiger partial charge on any atom is -0.480 e. The van der Waals surface area contributed by atoms with Crippen LogP contribution in [0.2, 0.25) is 0 Å². The number of rotatable bonds is 5. The fourth-order valence-electron chi connectivity index (χ4n) is 1.79. The van der Waals surface area contributed by atoms with Gasteiger partial charge in [-0.2, -0.15) is 0 Å². The third-order valence-electron chi connectivity index (χ3n) is 2.72. The lowest BCUT2D eigenvalue weighted by molar-refractivity contribution is -0.135. The molecule has 0 atom stereocenters. The molecule has 0 bridgehead atoms. The second-order valence-electron chi connectivity index (χ2n) is 4.25. The first-order valence-corrected chi connectivity index (χ1v) is 7.27. The lowest BCUT2D eigenvalue weighted by Gasteiger charge is -2.21. The van der Waals surface area contributed by atoms with Crippen LogP contribution in [-0.4, -0.2) is 30.6 Å². The third kappa shape index (κ3) is 2.83. The molecule has 0 aliphatic rings. The minimum absolute atomic E-state index is 0.0603. The van der Waals surface area contributed by atoms with Gasteiger partial charge in [0.15, 0.2) is 0 Å². The van der Waals surface area contributed by atoms with Crippen molar-refractivity contribution in [1.82, 2.24) is 4.57 Å². The Bertz CT molecular complexity index is 707. The molecular formula is C13H14N2O4S. The molecule has 0 amide bonds. The maximum absolute atomic E-state index is 12.5. The van der Waals surface area contributed by atoms with Crippen molar-refractivity contribution >= 4 is 21.7 Å². The van der Waals surface area contributed by atoms with Crippen molar-refractivity contribution in [2.75, 3.05) is 10.8 Å². The largest absolute Gasteiger partial charge is 0.480 e. The van der Waals surface area contributed by atoms with Crippen LogP contribution in [-0.2, 0) is 21.9 Å². The molecule has 6 nitrogen and oxygen atoms in total. The van der Waals surface area contributed by atoms with Gasteiger partial charge in [-0.15, -0.1) is 0 Å². The van der Waals surface area contributed by atoms with Gasteiger partial charge in [-0.05, 0) is 18.2 Å². The van der Waals surface area contributed by atoms with E-state index in [1.165, 1.54) is 12.3 Å². The van der Waals surface area contributed by atoms with Crippen molar-refractivity contribution in [3.8, 4) is 0 Å². The zero-order valence-electron chi connectivity index (χ0n) is 10.8. The number of aryl methyl sites for hydroxylation is 1. The zero-order chi connectivity index (χ0) is 14.8. The number of aliphatic carboxylic acids is 1. The molecule has 0 aliphatic heterocycles. The normalized spacial score (nSPS) is 11.2. The molecule has 20 heavy (non-hydrogen) atoms. The summed E-state index contributed by atoms with van der Waals surface area (Å²) in [6.07, 6.45) is 3.03. The first-order valence-electron chi connectivity index (χ1n) is 5.83. The summed E-state index contributed by atoms with van der Waals surface area (Å²) in [6, 6.07) is 9.60. The van der Waals surface area contributed by atoms with E-state index in [0.717, 1.165) is 4.31 Å². The summed E-state index contributed by atoms with van der Waals surface area (Å²) in [5, 5.41) is 8.95. The van der Waals surface area contributed by atoms with Crippen molar-refractivity contribution in [1.29, 1.82) is 0 Å². The highest BCUT2D eigenvalue weighted by Gasteiger charge is 2.27. The number of hydrogen-bond acceptors (Lipinski definition) is 3. The molecule has 7 heteroatoms. The van der Waals surface area contributed by atoms with Crippen LogP contribution in [0.5, 0.6) is 0 Å². The van der Waals surface area contributed by atoms with Crippen LogP contribution in [0.4, 0.5) is 5.69 Å². The lowest BCUT2D eigenvalue weighted by atomic mass is 10.3. The molecule has 1 heterocycles. The van der Waals surface area contributed by atoms with Gasteiger partial charge in [0.25, 0.3) is 10.0 Å². The standard InChI is InChI=1S/C13H14N2O4S/c1-14-8-7-12(9-14)20(18,19)15(10-13(16)17)11-5-3-2-4-6-11/h2-9H,10H2,1H3,(H,16,17). The van der Waals surface area contributed by atoms with Crippen molar-refractivity contribution in [2.45, 2.75) is 4.90 Å². The van der Waals surface area contributed by atoms with Crippen LogP contribution >= 0.6 is 0 Å². The quantitative estimate of drug-likeness (QED) is 0.901. The summed E-state index contributed by atoms with van der Waals surface area (Å²) in [5.41, 5.74) is 0.318. The van der Waals surface area contributed by atoms with Gasteiger partial charge in [-0.25, -0.2) is 8.42 Å². The summed E-state index contributed by atoms with van der Waals surface area (Å²) in [5.74, 6) is -1.21. The average Bonchev–Trinajstić information content (AvgIpc) is 2.84. The number of carboxylic acid groups (broad SMARTS) is 1. The van der Waals surface area contributed by atoms with Gasteiger partial charge in [0.1, 0.15) is 11.4 Å². The van der Waals surface area contributed by atoms with E-state index in [9.17, 15) is 13.2 Å². The summed E-state index contributed by atoms with van der Waals surface area (Å²) in [6.45, 7) is -0.624. The second-order valence-corrected chi connectivity index (χ2v) is 6.12. The molecule has 1 N–H and O–H groups in total. The van der Waals surface area contributed by atoms with E-state index in [1.807, 2.05) is 0 Å². The number of aromatic nitrogens is 1. The first kappa shape index (κ1) is 14.1. The van der Waals surface area contributed by atoms with Crippen LogP contribution in [0.3, 0.4) is 0 Å². The Kier molecular flexibility index (Phi) is 3.80. The minimum atomic E-state index is -3.90. The summed E-state index contributed by atoms with van der Waals surface area (Å²) in [7, 11) is -2.20. The molecule has 0 radical (unpaired) electrons. The van der Waals surface area contributed by atoms with Gasteiger partial charge < -0.3 is 9.67 Å². The highest BCUT2D eigenvalue weighted by atomic mass is 32.2. The van der Waals surface area contributed by atoms with Crippen molar-refractivity contribution in [2.24, 2.45) is 7.05 Å². The van der Waals surface area contributed by atoms with E-state index in [-0.39, 0.29) is 4.90 Å². The molecule has 0 spiro atoms. The molecule has 2 rings (SSSR count). The van der Waals surface area contributed by atoms with Crippen LogP contribution in [0, 0.1) is 0 Å². The Morgan fingerprint density at radius 2 is 1.90 bits per heavy atom. The third-order valence-corrected chi connectivity index (χ3v) is 4.47. The van der Waals surface area contributed by atoms with E-state index in [2.05, 4.69) is 0 Å². The van der Waals surface area contributed by atoms with Crippen molar-refractivity contribution in [3.63, 3.8) is 0 Å². The maximum Gasteiger partial charge on any atom is 0.324 e. The van der Waals surface area contributed by atoms with Gasteiger partial charge >= 0.3 is 5.97 Å². The summed E-state index contributed by atoms with van der Waals surface area (Å²) in [4.78, 5) is 11.0. The number of nitrogens with zero attached hydrogens (tertiary/aromatic N) is 2. The Labute approximate surface area is 116 Å². The summed E-state index contributed by atoms with van der Waals surface area (Å²) >= 11 is 0. The molecule has 0 unspecified atom stereocenters. The lowest BCUT2D eigenvalue weighted by Crippen LogP contribution is -2.35. The Balaban J connectivity index is 2.49. The number of hydrogen-bond donors (Lipinski definition) is 1. The van der Waals surface area contributed by atoms with Crippen LogP contribution < -0.4 is 4.31 Å². The Morgan fingerprint density at radius 1 is 1.25 bits per heavy atom. The van der Waals surface area contributed by atoms with Gasteiger partial charge in [0.2, 0.25) is 0 Å². The monoisotopic (exact) mass is 294 g/mol. The molecular weight excluding hydrogens is 280 g/mol. The number of para-hydroxylation sites is 1. The predicted octanol–water partition coefficient (Wildman–Crippen LogP) is 1.30. The predicted molar refractivity (Wildman–Crippen MR) is 74.0 cm³/mol. The topological polar surface area (TPSA) is 79.6 Å². The number of sulfonamides is 1. The molecule has 2 aromatic rings. The molecule has 0 aliphatic carbocycles. The van der Waals surface area contributed by atoms with Gasteiger partial charge in [-0.3, -0.25) is 9.10 Å². The molecule has 0 saturated carbocycles. The highest BCUT2D eigenvalue weighted by molar-refractivity contribution is 7.92. The maximum atomic E-state index is 12.5. The van der Waals surface area contributed by atoms with Crippen molar-refractivity contribution < 1.29 is 18.3 Å². The fraction of sp³-hybridized carbons (Fsp3) is 0.154. The number of carboxylic acids is 1. The molecule has 1 aromatic carbocycles. The van der Waals surface area contributed by atoms with Crippen LogP contribution in [0.15, 0.2) is 53.7 Å². The molecule has 1 aromatic heterocycles. The Hall–Kier alpha value is -2.28. The van der Waals surface area contributed by atoms with Crippen molar-refractivity contribution in [3.05, 3.63) is 48.8 Å². The average molecular weight is 294 g/mol. The number of anilines is 1. The first-order chi connectivity index (χ1) is 9.41. The molecule has 106 valence electrons. The molecule has 0 saturated heterocycles. The van der Waals surface area contributed by atoms with E-state index in [4.69, 9.17) is 5.11 Å². The molecule has 0 fully saturated rings. The number of benzene rings is 1. The number of carbonyl (C=O) groups is 1. The van der Waals surface area contributed by atoms with E-state index in [1.54, 1.807) is 48.1 Å². The highest BCUT2D eigenvalue weighted by Crippen LogP contribution is 2.23. The van der Waals surface area contributed by atoms with E-state index >= 15 is 0 Å². The summed E-state index contributed by atoms with van der Waals surface area (Å²) < 4.78 is 27.5. The van der Waals surface area contributed by atoms with Gasteiger partial charge in [0.05, 0.1) is 5.69 Å². The van der Waals surface area contributed by atoms with Crippen LogP contribution in [0.1, 0.15) is 0 Å². The van der Waals surface area contributed by atoms with Gasteiger partial charge in [0, 0.05) is 19.4 Å². The van der Waals surface area contributed by atoms with Gasteiger partial charge in [-0.1, -0.05) is 18.2 Å². The van der Waals surface area contributed by atoms with Crippen LogP contribution in [0.25, 0.3) is 0 Å². The fourth-order valence-corrected chi connectivity index (χ4v) is 3.26. The van der Waals surface area contributed by atoms with E-state index in [0.29, 0.717) is 5.69 Å². The smallest absolute Gasteiger partial charge is 0.324 e. The Morgan fingerprint density at radius 3 is 2.40 bits per heavy atom. The zero-order valence-corrected chi connectivity index (χ0v) is 11.6. The SMILES string of the molecule is Cn1ccc(S(=O)(=O)N(CC(=O)O)c2ccccc2)c1. The second kappa shape index (κ2) is 5.38. The van der Waals surface area contributed by atoms with E-state index < -0.39 is 22.5 Å².